The maximum absolute atomic E-state index is 0. The average Bonchev–Trinajstić information content (AvgIpc) is 0. The van der Waals surface area contributed by atoms with Crippen molar-refractivity contribution in [3.05, 3.63) is 0 Å². The largest absolute Gasteiger partial charge is 4.00 e. The van der Waals surface area contributed by atoms with Crippen LogP contribution in [0.15, 0.2) is 0 Å². The molecule has 0 heterocycles. The zero-order valence-electron chi connectivity index (χ0n) is 1.82. The Balaban J connectivity index is 0. The third-order valence-corrected chi connectivity index (χ3v) is 0. The average molecular weight is 404 g/mol. The second kappa shape index (κ2) is 17.5. The van der Waals surface area contributed by atoms with Gasteiger partial charge in [0.1, 0.15) is 0 Å². The molecular formula is CeO2Th+3. The van der Waals surface area contributed by atoms with Crippen LogP contribution >= 0.6 is 0 Å². The van der Waals surface area contributed by atoms with E-state index < -0.39 is 0 Å². The normalized spacial score (nSPS) is 0. The quantitative estimate of drug-likeness (QED) is 0.536. The van der Waals surface area contributed by atoms with Gasteiger partial charge >= 0.3 is 81.7 Å². The fraction of sp³-hybridized carbons (Fsp3) is 0. The van der Waals surface area contributed by atoms with E-state index in [2.05, 4.69) is 0 Å². The summed E-state index contributed by atoms with van der Waals surface area (Å²) in [6.45, 7) is 0. The van der Waals surface area contributed by atoms with Crippen molar-refractivity contribution in [2.75, 3.05) is 0 Å². The molecule has 0 N–H and O–H groups in total. The molecule has 0 bridgehead atoms. The summed E-state index contributed by atoms with van der Waals surface area (Å²) in [5.41, 5.74) is 0. The minimum absolute atomic E-state index is 0. The van der Waals surface area contributed by atoms with Crippen LogP contribution < -0.4 is 0 Å². The fourth-order valence-electron chi connectivity index (χ4n) is 0. The molecule has 17 valence electrons. The number of hydrogen-bond donors (Lipinski definition) is 0. The van der Waals surface area contributed by atoms with E-state index in [0.29, 0.717) is 0 Å². The van der Waals surface area contributed by atoms with Gasteiger partial charge in [-0.1, -0.05) is 0 Å². The predicted octanol–water partition coefficient (Wildman–Crippen LogP) is -0.238. The van der Waals surface area contributed by atoms with Crippen LogP contribution in [0.25, 0.3) is 0 Å². The van der Waals surface area contributed by atoms with Crippen LogP contribution in [-0.2, 0) is 11.0 Å². The van der Waals surface area contributed by atoms with Crippen LogP contribution in [-0.4, -0.2) is 0 Å². The Morgan fingerprint density at radius 2 is 0.750 bits per heavy atom. The first-order chi connectivity index (χ1) is 0. The number of rotatable bonds is 0. The molecule has 0 amide bonds. The first-order valence-electron chi connectivity index (χ1n) is 0. The van der Waals surface area contributed by atoms with Crippen molar-refractivity contribution in [1.82, 2.24) is 0 Å². The summed E-state index contributed by atoms with van der Waals surface area (Å²) in [7, 11) is 0. The van der Waals surface area contributed by atoms with Gasteiger partial charge in [-0.3, -0.25) is 0 Å². The summed E-state index contributed by atoms with van der Waals surface area (Å²) in [5, 5.41) is 0. The van der Waals surface area contributed by atoms with Gasteiger partial charge in [0.25, 0.3) is 0 Å². The minimum atomic E-state index is 0. The van der Waals surface area contributed by atoms with E-state index in [1.165, 1.54) is 0 Å². The smallest absolute Gasteiger partial charge is 2.00 e. The van der Waals surface area contributed by atoms with Gasteiger partial charge in [0.15, 0.2) is 0 Å². The van der Waals surface area contributed by atoms with Crippen LogP contribution in [0, 0.1) is 81.7 Å². The molecule has 2 nitrogen and oxygen atoms in total. The Labute approximate surface area is 90.4 Å². The van der Waals surface area contributed by atoms with Crippen LogP contribution in [0.4, 0.5) is 0 Å². The van der Waals surface area contributed by atoms with E-state index >= 15 is 0 Å². The van der Waals surface area contributed by atoms with Crippen LogP contribution in [0.2, 0.25) is 0 Å². The van der Waals surface area contributed by atoms with Gasteiger partial charge in [0, 0.05) is 0 Å². The molecule has 0 aromatic carbocycles. The summed E-state index contributed by atoms with van der Waals surface area (Å²) in [4.78, 5) is 0. The molecular weight excluding hydrogens is 404 g/mol. The molecule has 0 aliphatic heterocycles. The Kier molecular flexibility index (Phi) is 133. The fourth-order valence-corrected chi connectivity index (χ4v) is 0. The van der Waals surface area contributed by atoms with Gasteiger partial charge in [-0.2, -0.15) is 0 Å². The summed E-state index contributed by atoms with van der Waals surface area (Å²) in [5.74, 6) is 0. The maximum atomic E-state index is 0. The van der Waals surface area contributed by atoms with Crippen molar-refractivity contribution in [3.8, 4) is 0 Å². The minimum Gasteiger partial charge on any atom is -2.00 e. The van der Waals surface area contributed by atoms with Crippen LogP contribution in [0.5, 0.6) is 0 Å². The summed E-state index contributed by atoms with van der Waals surface area (Å²) in [6, 6.07) is 0. The molecule has 0 aliphatic rings. The van der Waals surface area contributed by atoms with E-state index in [1.807, 2.05) is 0 Å². The molecule has 0 spiro atoms. The molecule has 0 aliphatic carbocycles. The first kappa shape index (κ1) is 30.4. The molecule has 0 unspecified atom stereocenters. The number of hydrogen-bond acceptors (Lipinski definition) is 0. The first-order valence-corrected chi connectivity index (χ1v) is 0. The molecule has 0 atom stereocenters. The van der Waals surface area contributed by atoms with E-state index in [4.69, 9.17) is 0 Å². The van der Waals surface area contributed by atoms with Gasteiger partial charge in [-0.15, -0.1) is 0 Å². The van der Waals surface area contributed by atoms with Crippen LogP contribution in [0.1, 0.15) is 0 Å². The third-order valence-electron chi connectivity index (χ3n) is 0. The molecule has 0 aromatic heterocycles. The van der Waals surface area contributed by atoms with Gasteiger partial charge in [-0.25, -0.2) is 0 Å². The summed E-state index contributed by atoms with van der Waals surface area (Å²) >= 11 is 0. The molecule has 0 fully saturated rings. The van der Waals surface area contributed by atoms with Crippen molar-refractivity contribution < 1.29 is 92.6 Å². The maximum Gasteiger partial charge on any atom is 4.00 e. The van der Waals surface area contributed by atoms with Gasteiger partial charge in [0.2, 0.25) is 0 Å². The van der Waals surface area contributed by atoms with Crippen molar-refractivity contribution in [2.45, 2.75) is 0 Å². The standard InChI is InChI=1S/Ce.2O.Th/q+3;2*-2;+4. The second-order valence-electron chi connectivity index (χ2n) is 0. The SMILES string of the molecule is [Ce+3].[O-2].[O-2].[Th+4]. The van der Waals surface area contributed by atoms with Gasteiger partial charge < -0.3 is 11.0 Å². The summed E-state index contributed by atoms with van der Waals surface area (Å²) in [6.07, 6.45) is 0. The zero-order valence-corrected chi connectivity index (χ0v) is 9.07. The van der Waals surface area contributed by atoms with Gasteiger partial charge in [-0.05, 0) is 0 Å². The van der Waals surface area contributed by atoms with E-state index in [-0.39, 0.29) is 92.6 Å². The third kappa shape index (κ3) is 8.82. The van der Waals surface area contributed by atoms with Crippen molar-refractivity contribution >= 4 is 0 Å². The molecule has 0 saturated heterocycles. The van der Waals surface area contributed by atoms with E-state index in [9.17, 15) is 0 Å². The van der Waals surface area contributed by atoms with Crippen molar-refractivity contribution in [1.29, 1.82) is 0 Å². The molecule has 0 saturated carbocycles. The van der Waals surface area contributed by atoms with E-state index in [0.717, 1.165) is 0 Å². The van der Waals surface area contributed by atoms with Crippen LogP contribution in [0.3, 0.4) is 0 Å². The Bertz CT molecular complexity index is 6.00. The molecule has 0 rings (SSSR count). The molecule has 4 heteroatoms. The Morgan fingerprint density at radius 3 is 0.750 bits per heavy atom. The van der Waals surface area contributed by atoms with E-state index in [1.54, 1.807) is 0 Å². The Morgan fingerprint density at radius 1 is 0.750 bits per heavy atom. The predicted molar refractivity (Wildman–Crippen MR) is 1.37 cm³/mol. The topological polar surface area (TPSA) is 57.0 Å². The molecule has 1 radical (unpaired) electrons. The van der Waals surface area contributed by atoms with Gasteiger partial charge in [0.05, 0.1) is 0 Å². The van der Waals surface area contributed by atoms with Crippen molar-refractivity contribution in [3.63, 3.8) is 0 Å². The Hall–Kier alpha value is 2.62. The zero-order chi connectivity index (χ0) is 0. The summed E-state index contributed by atoms with van der Waals surface area (Å²) < 4.78 is 0. The monoisotopic (exact) mass is 404 g/mol. The second-order valence-corrected chi connectivity index (χ2v) is 0. The molecule has 4 heavy (non-hydrogen) atoms. The molecule has 0 aromatic rings. The van der Waals surface area contributed by atoms with Crippen molar-refractivity contribution in [2.24, 2.45) is 0 Å².